The molecule has 2 heterocycles. The van der Waals surface area contributed by atoms with Crippen molar-refractivity contribution in [3.63, 3.8) is 0 Å². The largest absolute Gasteiger partial charge is 0.434 e. The van der Waals surface area contributed by atoms with Crippen LogP contribution in [-0.2, 0) is 17.3 Å². The number of hydrogen-bond donors (Lipinski definition) is 0. The number of nitrogens with zero attached hydrogens (tertiary/aromatic N) is 2. The van der Waals surface area contributed by atoms with Crippen LogP contribution in [-0.4, -0.2) is 34.9 Å². The topological polar surface area (TPSA) is 51.5 Å². The number of ether oxygens (including phenoxy) is 1. The van der Waals surface area contributed by atoms with E-state index in [1.165, 1.54) is 0 Å². The minimum Gasteiger partial charge on any atom is -0.399 e. The highest BCUT2D eigenvalue weighted by Gasteiger charge is 2.40. The van der Waals surface area contributed by atoms with E-state index in [2.05, 4.69) is 14.7 Å². The summed E-state index contributed by atoms with van der Waals surface area (Å²) in [5.74, 6) is -1.04. The van der Waals surface area contributed by atoms with Crippen molar-refractivity contribution in [2.24, 2.45) is 10.9 Å². The average molecular weight is 382 g/mol. The normalized spacial score (nSPS) is 15.0. The van der Waals surface area contributed by atoms with Crippen LogP contribution in [0.2, 0.25) is 0 Å². The van der Waals surface area contributed by atoms with Gasteiger partial charge < -0.3 is 4.74 Å². The quantitative estimate of drug-likeness (QED) is 0.567. The third kappa shape index (κ3) is 4.68. The van der Waals surface area contributed by atoms with Crippen molar-refractivity contribution in [1.82, 2.24) is 4.98 Å². The molecule has 0 atom stereocenters. The lowest BCUT2D eigenvalue weighted by Crippen LogP contribution is -2.22. The van der Waals surface area contributed by atoms with Crippen LogP contribution in [0.1, 0.15) is 41.0 Å². The molecule has 0 N–H and O–H groups in total. The van der Waals surface area contributed by atoms with Crippen LogP contribution in [0.25, 0.3) is 0 Å². The monoisotopic (exact) mass is 382 g/mol. The van der Waals surface area contributed by atoms with Crippen molar-refractivity contribution in [1.29, 1.82) is 0 Å². The molecule has 0 amide bonds. The number of aliphatic imine (C=N–C) groups is 1. The molecule has 0 saturated carbocycles. The number of carbonyl (C=O) groups is 1. The second kappa shape index (κ2) is 7.67. The maximum absolute atomic E-state index is 13.4. The van der Waals surface area contributed by atoms with Gasteiger partial charge >= 0.3 is 18.8 Å². The standard InChI is InChI=1S/C15H15F5N2O2S/c1-7(2)5-8-9(13(23)24-14(16)17)6-22-11(15(18,19)20)10(8)12-21-3-4-25-12/h6-7,14H,3-5H2,1-2H3. The third-order valence-electron chi connectivity index (χ3n) is 3.28. The molecule has 0 spiro atoms. The highest BCUT2D eigenvalue weighted by atomic mass is 32.2. The van der Waals surface area contributed by atoms with Gasteiger partial charge in [0.25, 0.3) is 0 Å². The number of halogens is 5. The van der Waals surface area contributed by atoms with E-state index in [1.54, 1.807) is 13.8 Å². The van der Waals surface area contributed by atoms with Gasteiger partial charge in [-0.05, 0) is 17.9 Å². The number of alkyl halides is 5. The van der Waals surface area contributed by atoms with Gasteiger partial charge in [-0.25, -0.2) is 4.79 Å². The Morgan fingerprint density at radius 3 is 2.52 bits per heavy atom. The second-order valence-electron chi connectivity index (χ2n) is 5.67. The molecule has 1 aromatic rings. The second-order valence-corrected chi connectivity index (χ2v) is 6.75. The molecule has 2 rings (SSSR count). The van der Waals surface area contributed by atoms with Gasteiger partial charge in [0, 0.05) is 24.1 Å². The number of hydrogen-bond acceptors (Lipinski definition) is 5. The lowest BCUT2D eigenvalue weighted by Gasteiger charge is -2.19. The fourth-order valence-electron chi connectivity index (χ4n) is 2.42. The number of rotatable bonds is 5. The summed E-state index contributed by atoms with van der Waals surface area (Å²) in [5, 5.41) is 0.113. The minimum absolute atomic E-state index is 0.0175. The van der Waals surface area contributed by atoms with Crippen molar-refractivity contribution in [2.45, 2.75) is 33.1 Å². The maximum atomic E-state index is 13.4. The van der Waals surface area contributed by atoms with E-state index < -0.39 is 30.0 Å². The Morgan fingerprint density at radius 2 is 2.04 bits per heavy atom. The van der Waals surface area contributed by atoms with E-state index in [-0.39, 0.29) is 28.5 Å². The lowest BCUT2D eigenvalue weighted by molar-refractivity contribution is -0.141. The van der Waals surface area contributed by atoms with Crippen LogP contribution in [0.5, 0.6) is 0 Å². The van der Waals surface area contributed by atoms with Gasteiger partial charge in [0.2, 0.25) is 0 Å². The number of pyridine rings is 1. The SMILES string of the molecule is CC(C)Cc1c(C(=O)OC(F)F)cnc(C(F)(F)F)c1C1=NCCS1. The van der Waals surface area contributed by atoms with Gasteiger partial charge in [-0.2, -0.15) is 22.0 Å². The van der Waals surface area contributed by atoms with Gasteiger partial charge in [-0.15, -0.1) is 11.8 Å². The summed E-state index contributed by atoms with van der Waals surface area (Å²) in [6, 6.07) is 0. The van der Waals surface area contributed by atoms with Gasteiger partial charge in [0.1, 0.15) is 5.04 Å². The summed E-state index contributed by atoms with van der Waals surface area (Å²) in [6.07, 6.45) is -4.05. The van der Waals surface area contributed by atoms with E-state index >= 15 is 0 Å². The van der Waals surface area contributed by atoms with E-state index in [1.807, 2.05) is 0 Å². The van der Waals surface area contributed by atoms with Crippen molar-refractivity contribution >= 4 is 22.8 Å². The predicted octanol–water partition coefficient (Wildman–Crippen LogP) is 4.17. The molecule has 0 bridgehead atoms. The molecular formula is C15H15F5N2O2S. The van der Waals surface area contributed by atoms with Crippen molar-refractivity contribution in [3.8, 4) is 0 Å². The lowest BCUT2D eigenvalue weighted by atomic mass is 9.93. The van der Waals surface area contributed by atoms with E-state index in [4.69, 9.17) is 0 Å². The molecule has 10 heteroatoms. The molecule has 4 nitrogen and oxygen atoms in total. The molecule has 138 valence electrons. The van der Waals surface area contributed by atoms with Gasteiger partial charge in [0.15, 0.2) is 5.69 Å². The highest BCUT2D eigenvalue weighted by Crippen LogP contribution is 2.37. The van der Waals surface area contributed by atoms with Crippen LogP contribution in [0.15, 0.2) is 11.2 Å². The molecule has 1 aromatic heterocycles. The van der Waals surface area contributed by atoms with Gasteiger partial charge in [-0.1, -0.05) is 13.8 Å². The molecule has 0 aliphatic carbocycles. The van der Waals surface area contributed by atoms with E-state index in [0.717, 1.165) is 11.8 Å². The zero-order chi connectivity index (χ0) is 18.8. The van der Waals surface area contributed by atoms with E-state index in [9.17, 15) is 26.7 Å². The van der Waals surface area contributed by atoms with Crippen LogP contribution >= 0.6 is 11.8 Å². The van der Waals surface area contributed by atoms with Crippen LogP contribution in [0.3, 0.4) is 0 Å². The summed E-state index contributed by atoms with van der Waals surface area (Å²) in [7, 11) is 0. The third-order valence-corrected chi connectivity index (χ3v) is 4.28. The summed E-state index contributed by atoms with van der Waals surface area (Å²) in [5.41, 5.74) is -1.90. The first-order chi connectivity index (χ1) is 11.6. The molecule has 0 saturated heterocycles. The Kier molecular flexibility index (Phi) is 6.02. The van der Waals surface area contributed by atoms with Crippen molar-refractivity contribution < 1.29 is 31.5 Å². The van der Waals surface area contributed by atoms with Crippen LogP contribution < -0.4 is 0 Å². The average Bonchev–Trinajstić information content (AvgIpc) is 2.98. The Morgan fingerprint density at radius 1 is 1.36 bits per heavy atom. The molecule has 0 radical (unpaired) electrons. The Labute approximate surface area is 144 Å². The zero-order valence-corrected chi connectivity index (χ0v) is 14.2. The molecule has 1 aliphatic heterocycles. The molecule has 0 aromatic carbocycles. The Hall–Kier alpha value is -1.71. The number of esters is 1. The van der Waals surface area contributed by atoms with Crippen LogP contribution in [0.4, 0.5) is 22.0 Å². The first-order valence-electron chi connectivity index (χ1n) is 7.37. The maximum Gasteiger partial charge on any atom is 0.434 e. The molecule has 25 heavy (non-hydrogen) atoms. The van der Waals surface area contributed by atoms with Gasteiger partial charge in [-0.3, -0.25) is 9.98 Å². The summed E-state index contributed by atoms with van der Waals surface area (Å²) in [4.78, 5) is 19.3. The Bertz CT molecular complexity index is 689. The first-order valence-corrected chi connectivity index (χ1v) is 8.35. The number of carbonyl (C=O) groups excluding carboxylic acids is 1. The molecule has 0 unspecified atom stereocenters. The molecule has 0 fully saturated rings. The number of thioether (sulfide) groups is 1. The fraction of sp³-hybridized carbons (Fsp3) is 0.533. The first kappa shape index (κ1) is 19.6. The van der Waals surface area contributed by atoms with Crippen molar-refractivity contribution in [3.05, 3.63) is 28.6 Å². The van der Waals surface area contributed by atoms with Crippen molar-refractivity contribution in [2.75, 3.05) is 12.3 Å². The Balaban J connectivity index is 2.70. The predicted molar refractivity (Wildman–Crippen MR) is 83.1 cm³/mol. The van der Waals surface area contributed by atoms with E-state index in [0.29, 0.717) is 18.5 Å². The van der Waals surface area contributed by atoms with Gasteiger partial charge in [0.05, 0.1) is 5.56 Å². The smallest absolute Gasteiger partial charge is 0.399 e. The molecular weight excluding hydrogens is 367 g/mol. The zero-order valence-electron chi connectivity index (χ0n) is 13.4. The van der Waals surface area contributed by atoms with Crippen LogP contribution in [0, 0.1) is 5.92 Å². The number of aromatic nitrogens is 1. The summed E-state index contributed by atoms with van der Waals surface area (Å²) < 4.78 is 68.8. The minimum atomic E-state index is -4.77. The summed E-state index contributed by atoms with van der Waals surface area (Å²) >= 11 is 1.11. The highest BCUT2D eigenvalue weighted by molar-refractivity contribution is 8.14. The summed E-state index contributed by atoms with van der Waals surface area (Å²) in [6.45, 7) is 0.444. The fourth-order valence-corrected chi connectivity index (χ4v) is 3.34. The molecule has 1 aliphatic rings.